The quantitative estimate of drug-likeness (QED) is 0.226. The number of benzene rings is 4. The molecule has 0 N–H and O–H groups in total. The Morgan fingerprint density at radius 1 is 0.529 bits per heavy atom. The summed E-state index contributed by atoms with van der Waals surface area (Å²) >= 11 is 0. The lowest BCUT2D eigenvalue weighted by molar-refractivity contribution is 0.131. The summed E-state index contributed by atoms with van der Waals surface area (Å²) < 4.78 is 38.7. The van der Waals surface area contributed by atoms with E-state index in [4.69, 9.17) is 8.92 Å². The van der Waals surface area contributed by atoms with Gasteiger partial charge in [-0.05, 0) is 61.7 Å². The molecule has 34 heavy (non-hydrogen) atoms. The van der Waals surface area contributed by atoms with Crippen LogP contribution in [0.25, 0.3) is 0 Å². The summed E-state index contributed by atoms with van der Waals surface area (Å²) in [6, 6.07) is 34.2. The lowest BCUT2D eigenvalue weighted by atomic mass is 9.84. The Labute approximate surface area is 201 Å². The molecule has 4 aromatic rings. The zero-order valence-electron chi connectivity index (χ0n) is 19.5. The van der Waals surface area contributed by atoms with Crippen molar-refractivity contribution in [1.29, 1.82) is 0 Å². The first kappa shape index (κ1) is 23.6. The van der Waals surface area contributed by atoms with Crippen molar-refractivity contribution in [3.8, 4) is 11.5 Å². The van der Waals surface area contributed by atoms with Crippen molar-refractivity contribution in [2.75, 3.05) is 0 Å². The second kappa shape index (κ2) is 9.35. The van der Waals surface area contributed by atoms with Gasteiger partial charge in [-0.2, -0.15) is 8.42 Å². The molecule has 0 aliphatic carbocycles. The fourth-order valence-corrected chi connectivity index (χ4v) is 5.82. The third kappa shape index (κ3) is 4.70. The van der Waals surface area contributed by atoms with Crippen LogP contribution in [0.4, 0.5) is 0 Å². The second-order valence-electron chi connectivity index (χ2n) is 9.00. The molecular weight excluding hydrogens is 444 g/mol. The van der Waals surface area contributed by atoms with Gasteiger partial charge in [0.15, 0.2) is 4.75 Å². The van der Waals surface area contributed by atoms with Crippen LogP contribution in [0.3, 0.4) is 0 Å². The Bertz CT molecular complexity index is 1210. The highest BCUT2D eigenvalue weighted by Crippen LogP contribution is 2.45. The Morgan fingerprint density at radius 2 is 0.882 bits per heavy atom. The molecule has 5 heteroatoms. The van der Waals surface area contributed by atoms with E-state index < -0.39 is 14.9 Å². The van der Waals surface area contributed by atoms with Crippen LogP contribution in [-0.2, 0) is 14.9 Å². The molecule has 0 aliphatic rings. The molecule has 0 amide bonds. The van der Waals surface area contributed by atoms with Crippen LogP contribution in [0.2, 0.25) is 0 Å². The van der Waals surface area contributed by atoms with Crippen LogP contribution in [0.15, 0.2) is 115 Å². The van der Waals surface area contributed by atoms with Gasteiger partial charge in [0.25, 0.3) is 0 Å². The van der Waals surface area contributed by atoms with Crippen LogP contribution < -0.4 is 8.92 Å². The third-order valence-electron chi connectivity index (χ3n) is 5.37. The fourth-order valence-electron chi connectivity index (χ4n) is 4.06. The number of hydrogen-bond donors (Lipinski definition) is 0. The molecule has 0 heterocycles. The summed E-state index contributed by atoms with van der Waals surface area (Å²) in [5.41, 5.74) is 1.43. The second-order valence-corrected chi connectivity index (χ2v) is 10.7. The third-order valence-corrected chi connectivity index (χ3v) is 7.24. The molecule has 174 valence electrons. The number of rotatable bonds is 7. The lowest BCUT2D eigenvalue weighted by Crippen LogP contribution is -2.41. The normalized spacial score (nSPS) is 12.2. The molecule has 4 rings (SSSR count). The van der Waals surface area contributed by atoms with E-state index in [1.807, 2.05) is 112 Å². The van der Waals surface area contributed by atoms with Gasteiger partial charge in [-0.25, -0.2) is 0 Å². The smallest absolute Gasteiger partial charge is 0.327 e. The summed E-state index contributed by atoms with van der Waals surface area (Å²) in [7, 11) is -4.28. The fraction of sp³-hybridized carbons (Fsp3) is 0.172. The van der Waals surface area contributed by atoms with E-state index in [1.54, 1.807) is 24.3 Å². The van der Waals surface area contributed by atoms with Gasteiger partial charge in [0.05, 0.1) is 0 Å². The molecule has 0 saturated heterocycles. The average Bonchev–Trinajstić information content (AvgIpc) is 2.82. The summed E-state index contributed by atoms with van der Waals surface area (Å²) in [5, 5.41) is 0. The summed E-state index contributed by atoms with van der Waals surface area (Å²) in [6.07, 6.45) is 0. The van der Waals surface area contributed by atoms with Crippen LogP contribution in [0.5, 0.6) is 11.5 Å². The predicted molar refractivity (Wildman–Crippen MR) is 136 cm³/mol. The molecule has 0 saturated carbocycles. The van der Waals surface area contributed by atoms with Crippen molar-refractivity contribution >= 4 is 10.1 Å². The van der Waals surface area contributed by atoms with Crippen molar-refractivity contribution in [3.63, 3.8) is 0 Å². The van der Waals surface area contributed by atoms with Gasteiger partial charge < -0.3 is 8.92 Å². The van der Waals surface area contributed by atoms with E-state index >= 15 is 0 Å². The zero-order chi connectivity index (χ0) is 24.2. The standard InChI is InChI=1S/C29H28O4S/c1-28(2,3)32-26-19-21-27(22-20-26)33-34(30,31)29(23-13-7-4-8-14-23,24-15-9-5-10-16-24)25-17-11-6-12-18-25/h4-22H,1-3H3. The maximum atomic E-state index is 14.3. The van der Waals surface area contributed by atoms with Crippen LogP contribution in [-0.4, -0.2) is 14.0 Å². The Morgan fingerprint density at radius 3 is 1.24 bits per heavy atom. The van der Waals surface area contributed by atoms with Gasteiger partial charge in [0, 0.05) is 0 Å². The highest BCUT2D eigenvalue weighted by Gasteiger charge is 2.50. The monoisotopic (exact) mass is 472 g/mol. The summed E-state index contributed by atoms with van der Waals surface area (Å²) in [5.74, 6) is 0.853. The van der Waals surface area contributed by atoms with E-state index in [0.717, 1.165) is 0 Å². The van der Waals surface area contributed by atoms with Gasteiger partial charge >= 0.3 is 10.1 Å². The molecule has 4 nitrogen and oxygen atoms in total. The topological polar surface area (TPSA) is 52.6 Å². The van der Waals surface area contributed by atoms with Crippen molar-refractivity contribution in [2.45, 2.75) is 31.1 Å². The molecule has 4 aromatic carbocycles. The lowest BCUT2D eigenvalue weighted by Gasteiger charge is -2.34. The van der Waals surface area contributed by atoms with E-state index in [2.05, 4.69) is 0 Å². The Hall–Kier alpha value is -3.57. The first-order valence-corrected chi connectivity index (χ1v) is 12.5. The van der Waals surface area contributed by atoms with Gasteiger partial charge in [0.2, 0.25) is 0 Å². The highest BCUT2D eigenvalue weighted by molar-refractivity contribution is 7.88. The van der Waals surface area contributed by atoms with Crippen molar-refractivity contribution < 1.29 is 17.3 Å². The van der Waals surface area contributed by atoms with E-state index in [-0.39, 0.29) is 11.4 Å². The van der Waals surface area contributed by atoms with Crippen LogP contribution >= 0.6 is 0 Å². The maximum absolute atomic E-state index is 14.3. The largest absolute Gasteiger partial charge is 0.488 e. The van der Waals surface area contributed by atoms with Gasteiger partial charge in [-0.3, -0.25) is 0 Å². The van der Waals surface area contributed by atoms with Crippen molar-refractivity contribution in [3.05, 3.63) is 132 Å². The molecule has 0 atom stereocenters. The van der Waals surface area contributed by atoms with E-state index in [1.165, 1.54) is 0 Å². The van der Waals surface area contributed by atoms with Crippen LogP contribution in [0.1, 0.15) is 37.5 Å². The van der Waals surface area contributed by atoms with Crippen molar-refractivity contribution in [1.82, 2.24) is 0 Å². The number of hydrogen-bond acceptors (Lipinski definition) is 4. The molecule has 0 unspecified atom stereocenters. The Kier molecular flexibility index (Phi) is 6.49. The highest BCUT2D eigenvalue weighted by atomic mass is 32.2. The maximum Gasteiger partial charge on any atom is 0.327 e. The van der Waals surface area contributed by atoms with Crippen LogP contribution in [0, 0.1) is 0 Å². The molecule has 0 aliphatic heterocycles. The van der Waals surface area contributed by atoms with Gasteiger partial charge in [-0.15, -0.1) is 0 Å². The summed E-state index contributed by atoms with van der Waals surface area (Å²) in [6.45, 7) is 5.86. The van der Waals surface area contributed by atoms with Crippen molar-refractivity contribution in [2.24, 2.45) is 0 Å². The minimum atomic E-state index is -4.28. The molecule has 0 spiro atoms. The minimum absolute atomic E-state index is 0.216. The van der Waals surface area contributed by atoms with Gasteiger partial charge in [-0.1, -0.05) is 91.0 Å². The molecular formula is C29H28O4S. The number of ether oxygens (including phenoxy) is 1. The molecule has 0 radical (unpaired) electrons. The molecule has 0 bridgehead atoms. The van der Waals surface area contributed by atoms with E-state index in [0.29, 0.717) is 22.4 Å². The first-order valence-electron chi connectivity index (χ1n) is 11.1. The molecule has 0 aromatic heterocycles. The van der Waals surface area contributed by atoms with Gasteiger partial charge in [0.1, 0.15) is 17.1 Å². The SMILES string of the molecule is CC(C)(C)Oc1ccc(OS(=O)(=O)C(c2ccccc2)(c2ccccc2)c2ccccc2)cc1. The predicted octanol–water partition coefficient (Wildman–Crippen LogP) is 6.56. The minimum Gasteiger partial charge on any atom is -0.488 e. The Balaban J connectivity index is 1.88. The zero-order valence-corrected chi connectivity index (χ0v) is 20.3. The summed E-state index contributed by atoms with van der Waals surface area (Å²) in [4.78, 5) is 0. The first-order chi connectivity index (χ1) is 16.2. The van der Waals surface area contributed by atoms with E-state index in [9.17, 15) is 8.42 Å². The molecule has 0 fully saturated rings. The average molecular weight is 473 g/mol.